The maximum Gasteiger partial charge on any atom is 0.241 e. The van der Waals surface area contributed by atoms with Crippen molar-refractivity contribution in [2.75, 3.05) is 0 Å². The number of sulfonamides is 1. The molecule has 1 N–H and O–H groups in total. The lowest BCUT2D eigenvalue weighted by molar-refractivity contribution is 0.529. The zero-order valence-electron chi connectivity index (χ0n) is 12.9. The van der Waals surface area contributed by atoms with Crippen LogP contribution in [0, 0.1) is 19.8 Å². The third-order valence-electron chi connectivity index (χ3n) is 4.32. The smallest absolute Gasteiger partial charge is 0.207 e. The summed E-state index contributed by atoms with van der Waals surface area (Å²) in [7, 11) is -3.50. The summed E-state index contributed by atoms with van der Waals surface area (Å²) in [5.41, 5.74) is 3.13. The van der Waals surface area contributed by atoms with Crippen molar-refractivity contribution in [3.8, 4) is 0 Å². The largest absolute Gasteiger partial charge is 0.241 e. The van der Waals surface area contributed by atoms with Crippen molar-refractivity contribution < 1.29 is 8.42 Å². The lowest BCUT2D eigenvalue weighted by atomic mass is 10.0. The fourth-order valence-electron chi connectivity index (χ4n) is 2.64. The van der Waals surface area contributed by atoms with Crippen LogP contribution in [0.4, 0.5) is 0 Å². The van der Waals surface area contributed by atoms with Crippen molar-refractivity contribution >= 4 is 10.0 Å². The Hall–Kier alpha value is -1.65. The van der Waals surface area contributed by atoms with Crippen molar-refractivity contribution in [2.24, 2.45) is 5.92 Å². The molecule has 22 heavy (non-hydrogen) atoms. The van der Waals surface area contributed by atoms with E-state index in [1.165, 1.54) is 0 Å². The lowest BCUT2D eigenvalue weighted by Crippen LogP contribution is -2.30. The van der Waals surface area contributed by atoms with E-state index in [2.05, 4.69) is 4.72 Å². The van der Waals surface area contributed by atoms with Gasteiger partial charge in [-0.3, -0.25) is 0 Å². The quantitative estimate of drug-likeness (QED) is 0.914. The second-order valence-corrected chi connectivity index (χ2v) is 7.81. The first-order valence-electron chi connectivity index (χ1n) is 7.62. The molecule has 1 saturated carbocycles. The molecule has 0 saturated heterocycles. The van der Waals surface area contributed by atoms with E-state index in [-0.39, 0.29) is 6.04 Å². The van der Waals surface area contributed by atoms with Crippen LogP contribution in [0.3, 0.4) is 0 Å². The highest BCUT2D eigenvalue weighted by molar-refractivity contribution is 7.89. The van der Waals surface area contributed by atoms with E-state index >= 15 is 0 Å². The van der Waals surface area contributed by atoms with Crippen molar-refractivity contribution in [1.29, 1.82) is 0 Å². The van der Waals surface area contributed by atoms with Crippen LogP contribution in [0.5, 0.6) is 0 Å². The number of aryl methyl sites for hydroxylation is 2. The van der Waals surface area contributed by atoms with Gasteiger partial charge in [0, 0.05) is 6.04 Å². The van der Waals surface area contributed by atoms with Gasteiger partial charge in [0.15, 0.2) is 0 Å². The van der Waals surface area contributed by atoms with E-state index in [9.17, 15) is 8.42 Å². The number of hydrogen-bond donors (Lipinski definition) is 1. The van der Waals surface area contributed by atoms with Crippen molar-refractivity contribution in [2.45, 2.75) is 37.6 Å². The molecule has 3 rings (SSSR count). The summed E-state index contributed by atoms with van der Waals surface area (Å²) in [6, 6.07) is 15.0. The molecule has 1 aliphatic carbocycles. The van der Waals surface area contributed by atoms with Crippen LogP contribution in [-0.4, -0.2) is 8.42 Å². The molecule has 0 bridgehead atoms. The summed E-state index contributed by atoms with van der Waals surface area (Å²) in [5, 5.41) is 0. The van der Waals surface area contributed by atoms with Crippen LogP contribution in [0.1, 0.15) is 35.6 Å². The fraction of sp³-hybridized carbons (Fsp3) is 0.333. The molecule has 0 radical (unpaired) electrons. The van der Waals surface area contributed by atoms with E-state index in [0.717, 1.165) is 29.5 Å². The Balaban J connectivity index is 1.90. The van der Waals surface area contributed by atoms with Crippen molar-refractivity contribution in [3.63, 3.8) is 0 Å². The Morgan fingerprint density at radius 3 is 2.27 bits per heavy atom. The van der Waals surface area contributed by atoms with E-state index in [0.29, 0.717) is 10.8 Å². The normalized spacial score (nSPS) is 16.5. The van der Waals surface area contributed by atoms with Crippen LogP contribution >= 0.6 is 0 Å². The average Bonchev–Trinajstić information content (AvgIpc) is 3.33. The molecule has 0 aromatic heterocycles. The molecular weight excluding hydrogens is 294 g/mol. The molecule has 0 spiro atoms. The van der Waals surface area contributed by atoms with Crippen LogP contribution in [0.2, 0.25) is 0 Å². The molecule has 1 fully saturated rings. The number of benzene rings is 2. The molecule has 4 heteroatoms. The average molecular weight is 315 g/mol. The van der Waals surface area contributed by atoms with E-state index in [4.69, 9.17) is 0 Å². The predicted molar refractivity (Wildman–Crippen MR) is 88.1 cm³/mol. The minimum absolute atomic E-state index is 0.132. The van der Waals surface area contributed by atoms with E-state index in [1.807, 2.05) is 50.2 Å². The molecule has 1 aliphatic rings. The Bertz CT molecular complexity index is 765. The SMILES string of the molecule is Cc1ccc(S(=O)(=O)NC(c2ccccc2)C2CC2)cc1C. The number of rotatable bonds is 5. The summed E-state index contributed by atoms with van der Waals surface area (Å²) in [5.74, 6) is 0.406. The zero-order valence-corrected chi connectivity index (χ0v) is 13.7. The number of nitrogens with one attached hydrogen (secondary N) is 1. The van der Waals surface area contributed by atoms with Crippen molar-refractivity contribution in [3.05, 3.63) is 65.2 Å². The summed E-state index contributed by atoms with van der Waals surface area (Å²) in [4.78, 5) is 0.345. The monoisotopic (exact) mass is 315 g/mol. The Labute approximate surface area is 132 Å². The van der Waals surface area contributed by atoms with Gasteiger partial charge in [-0.1, -0.05) is 36.4 Å². The Morgan fingerprint density at radius 2 is 1.68 bits per heavy atom. The van der Waals surface area contributed by atoms with Gasteiger partial charge in [-0.15, -0.1) is 0 Å². The van der Waals surface area contributed by atoms with Gasteiger partial charge in [-0.2, -0.15) is 0 Å². The molecular formula is C18H21NO2S. The Kier molecular flexibility index (Phi) is 4.06. The van der Waals surface area contributed by atoms with Crippen LogP contribution < -0.4 is 4.72 Å². The first-order valence-corrected chi connectivity index (χ1v) is 9.10. The summed E-state index contributed by atoms with van der Waals surface area (Å²) in [6.07, 6.45) is 2.16. The standard InChI is InChI=1S/C18H21NO2S/c1-13-8-11-17(12-14(13)2)22(20,21)19-18(16-9-10-16)15-6-4-3-5-7-15/h3-8,11-12,16,18-19H,9-10H2,1-2H3. The summed E-state index contributed by atoms with van der Waals surface area (Å²) in [6.45, 7) is 3.92. The summed E-state index contributed by atoms with van der Waals surface area (Å²) >= 11 is 0. The van der Waals surface area contributed by atoms with Gasteiger partial charge in [0.1, 0.15) is 0 Å². The third-order valence-corrected chi connectivity index (χ3v) is 5.76. The molecule has 2 aromatic rings. The highest BCUT2D eigenvalue weighted by Gasteiger charge is 2.35. The first-order chi connectivity index (χ1) is 10.5. The maximum absolute atomic E-state index is 12.7. The minimum atomic E-state index is -3.50. The van der Waals surface area contributed by atoms with Crippen LogP contribution in [-0.2, 0) is 10.0 Å². The Morgan fingerprint density at radius 1 is 1.00 bits per heavy atom. The second-order valence-electron chi connectivity index (χ2n) is 6.09. The van der Waals surface area contributed by atoms with Crippen LogP contribution in [0.15, 0.2) is 53.4 Å². The van der Waals surface area contributed by atoms with Gasteiger partial charge < -0.3 is 0 Å². The van der Waals surface area contributed by atoms with Gasteiger partial charge in [0.2, 0.25) is 10.0 Å². The van der Waals surface area contributed by atoms with Gasteiger partial charge in [-0.05, 0) is 61.4 Å². The summed E-state index contributed by atoms with van der Waals surface area (Å²) < 4.78 is 28.3. The molecule has 1 atom stereocenters. The molecule has 1 unspecified atom stereocenters. The molecule has 2 aromatic carbocycles. The topological polar surface area (TPSA) is 46.2 Å². The number of hydrogen-bond acceptors (Lipinski definition) is 2. The molecule has 0 aliphatic heterocycles. The van der Waals surface area contributed by atoms with Crippen LogP contribution in [0.25, 0.3) is 0 Å². The highest BCUT2D eigenvalue weighted by atomic mass is 32.2. The maximum atomic E-state index is 12.7. The first kappa shape index (κ1) is 15.3. The second kappa shape index (κ2) is 5.86. The lowest BCUT2D eigenvalue weighted by Gasteiger charge is -2.19. The third kappa shape index (κ3) is 3.23. The fourth-order valence-corrected chi connectivity index (χ4v) is 4.02. The van der Waals surface area contributed by atoms with Gasteiger partial charge in [-0.25, -0.2) is 13.1 Å². The van der Waals surface area contributed by atoms with Gasteiger partial charge >= 0.3 is 0 Å². The van der Waals surface area contributed by atoms with E-state index < -0.39 is 10.0 Å². The van der Waals surface area contributed by atoms with Crippen molar-refractivity contribution in [1.82, 2.24) is 4.72 Å². The van der Waals surface area contributed by atoms with E-state index in [1.54, 1.807) is 12.1 Å². The van der Waals surface area contributed by atoms with Gasteiger partial charge in [0.05, 0.1) is 4.90 Å². The molecule has 116 valence electrons. The predicted octanol–water partition coefficient (Wildman–Crippen LogP) is 3.73. The highest BCUT2D eigenvalue weighted by Crippen LogP contribution is 2.41. The van der Waals surface area contributed by atoms with Gasteiger partial charge in [0.25, 0.3) is 0 Å². The minimum Gasteiger partial charge on any atom is -0.207 e. The molecule has 3 nitrogen and oxygen atoms in total. The molecule has 0 heterocycles. The molecule has 0 amide bonds. The zero-order chi connectivity index (χ0) is 15.7.